The molecular formula is H7CaNa2O4P. The molecule has 0 saturated heterocycles. The molecule has 0 saturated carbocycles. The fourth-order valence-electron chi connectivity index (χ4n) is 0. The fourth-order valence-corrected chi connectivity index (χ4v) is 0. The topological polar surface area (TPSA) is 77.8 Å². The third kappa shape index (κ3) is 57.8. The molecule has 0 aliphatic carbocycles. The molecule has 0 fully saturated rings. The summed E-state index contributed by atoms with van der Waals surface area (Å²) in [7, 11) is -4.64. The van der Waals surface area contributed by atoms with Crippen LogP contribution in [0.15, 0.2) is 0 Å². The molecule has 0 aliphatic rings. The molecule has 0 rings (SSSR count). The summed E-state index contributed by atoms with van der Waals surface area (Å²) in [5.74, 6) is 0. The van der Waals surface area contributed by atoms with Gasteiger partial charge in [0.25, 0.3) is 0 Å². The Morgan fingerprint density at radius 2 is 1.00 bits per heavy atom. The summed E-state index contributed by atoms with van der Waals surface area (Å²) >= 11 is 0. The van der Waals surface area contributed by atoms with Gasteiger partial charge in [-0.1, -0.05) is 0 Å². The van der Waals surface area contributed by atoms with E-state index in [1.165, 1.54) is 0 Å². The number of rotatable bonds is 0. The molecular weight excluding hydrogens is 181 g/mol. The summed E-state index contributed by atoms with van der Waals surface area (Å²) in [5.41, 5.74) is 0. The van der Waals surface area contributed by atoms with E-state index in [0.717, 1.165) is 0 Å². The van der Waals surface area contributed by atoms with Gasteiger partial charge in [-0.25, -0.2) is 4.57 Å². The first kappa shape index (κ1) is 22.5. The van der Waals surface area contributed by atoms with E-state index in [4.69, 9.17) is 19.2 Å². The molecule has 0 aromatic heterocycles. The van der Waals surface area contributed by atoms with Crippen LogP contribution < -0.4 is 0 Å². The molecule has 0 radical (unpaired) electrons. The van der Waals surface area contributed by atoms with Crippen LogP contribution in [0.3, 0.4) is 0 Å². The Morgan fingerprint density at radius 1 is 1.00 bits per heavy atom. The van der Waals surface area contributed by atoms with Crippen LogP contribution in [-0.4, -0.2) is 112 Å². The van der Waals surface area contributed by atoms with E-state index in [1.54, 1.807) is 0 Å². The van der Waals surface area contributed by atoms with E-state index >= 15 is 0 Å². The minimum absolute atomic E-state index is 0. The van der Waals surface area contributed by atoms with Gasteiger partial charge < -0.3 is 14.7 Å². The summed E-state index contributed by atoms with van der Waals surface area (Å²) in [6.45, 7) is 0. The van der Waals surface area contributed by atoms with Crippen molar-refractivity contribution in [3.05, 3.63) is 0 Å². The van der Waals surface area contributed by atoms with Gasteiger partial charge in [0.2, 0.25) is 0 Å². The Morgan fingerprint density at radius 3 is 1.00 bits per heavy atom. The van der Waals surface area contributed by atoms with Gasteiger partial charge in [-0.2, -0.15) is 0 Å². The molecule has 0 amide bonds. The van der Waals surface area contributed by atoms with E-state index in [9.17, 15) is 0 Å². The molecule has 0 heterocycles. The van der Waals surface area contributed by atoms with Gasteiger partial charge in [-0.05, 0) is 0 Å². The second-order valence-corrected chi connectivity index (χ2v) is 1.54. The standard InChI is InChI=1S/Ca.2Na.H3O4P.4H/c;;;1-5(2,3)4;;;;/h;;;(H3,1,2,3,4);;;;. The van der Waals surface area contributed by atoms with Crippen molar-refractivity contribution in [3.63, 3.8) is 0 Å². The predicted molar refractivity (Wildman–Crippen MR) is 37.1 cm³/mol. The molecule has 3 N–H and O–H groups in total. The normalized spacial score (nSPS) is 7.38. The Labute approximate surface area is 121 Å². The van der Waals surface area contributed by atoms with Crippen molar-refractivity contribution in [2.75, 3.05) is 0 Å². The number of hydrogen-bond acceptors (Lipinski definition) is 1. The molecule has 8 heteroatoms. The van der Waals surface area contributed by atoms with E-state index in [2.05, 4.69) is 0 Å². The predicted octanol–water partition coefficient (Wildman–Crippen LogP) is -3.14. The van der Waals surface area contributed by atoms with Crippen molar-refractivity contribution in [1.82, 2.24) is 0 Å². The summed E-state index contributed by atoms with van der Waals surface area (Å²) in [6, 6.07) is 0. The van der Waals surface area contributed by atoms with Crippen LogP contribution >= 0.6 is 7.82 Å². The average molecular weight is 188 g/mol. The van der Waals surface area contributed by atoms with E-state index in [0.29, 0.717) is 0 Å². The Hall–Kier alpha value is 3.37. The van der Waals surface area contributed by atoms with Crippen molar-refractivity contribution in [2.45, 2.75) is 0 Å². The number of hydrogen-bond donors (Lipinski definition) is 3. The van der Waals surface area contributed by atoms with Gasteiger partial charge in [0.15, 0.2) is 0 Å². The van der Waals surface area contributed by atoms with Crippen molar-refractivity contribution in [2.24, 2.45) is 0 Å². The molecule has 0 aromatic carbocycles. The van der Waals surface area contributed by atoms with Crippen LogP contribution in [0.4, 0.5) is 0 Å². The zero-order valence-corrected chi connectivity index (χ0v) is 3.09. The molecule has 4 nitrogen and oxygen atoms in total. The van der Waals surface area contributed by atoms with Crippen LogP contribution in [0.5, 0.6) is 0 Å². The van der Waals surface area contributed by atoms with Gasteiger partial charge in [0.05, 0.1) is 0 Å². The molecule has 0 bridgehead atoms. The van der Waals surface area contributed by atoms with E-state index in [-0.39, 0.29) is 96.9 Å². The quantitative estimate of drug-likeness (QED) is 0.277. The van der Waals surface area contributed by atoms with Gasteiger partial charge in [-0.3, -0.25) is 0 Å². The minimum atomic E-state index is -4.64. The van der Waals surface area contributed by atoms with Crippen LogP contribution in [0.25, 0.3) is 0 Å². The first-order valence-electron chi connectivity index (χ1n) is 0.783. The first-order valence-corrected chi connectivity index (χ1v) is 2.35. The zero-order valence-electron chi connectivity index (χ0n) is 2.20. The molecule has 0 aliphatic heterocycles. The van der Waals surface area contributed by atoms with Crippen molar-refractivity contribution in [1.29, 1.82) is 0 Å². The maximum atomic E-state index is 8.88. The Kier molecular flexibility index (Phi) is 29.2. The second-order valence-electron chi connectivity index (χ2n) is 0.513. The fraction of sp³-hybridized carbons (Fsp3) is 0. The van der Waals surface area contributed by atoms with E-state index in [1.807, 2.05) is 0 Å². The maximum absolute atomic E-state index is 8.88. The summed E-state index contributed by atoms with van der Waals surface area (Å²) in [6.07, 6.45) is 0. The SMILES string of the molecule is O=P(O)(O)O.[CaH2].[NaH].[NaH]. The van der Waals surface area contributed by atoms with Gasteiger partial charge >= 0.3 is 105 Å². The molecule has 0 atom stereocenters. The second kappa shape index (κ2) is 10.4. The molecule has 40 valence electrons. The van der Waals surface area contributed by atoms with Crippen LogP contribution in [0.2, 0.25) is 0 Å². The average Bonchev–Trinajstić information content (AvgIpc) is 0.722. The van der Waals surface area contributed by atoms with Gasteiger partial charge in [-0.15, -0.1) is 0 Å². The first-order chi connectivity index (χ1) is 2.00. The molecule has 0 aromatic rings. The number of phosphoric acid groups is 1. The van der Waals surface area contributed by atoms with Crippen molar-refractivity contribution in [3.8, 4) is 0 Å². The van der Waals surface area contributed by atoms with Crippen LogP contribution in [-0.2, 0) is 4.57 Å². The van der Waals surface area contributed by atoms with E-state index < -0.39 is 7.82 Å². The summed E-state index contributed by atoms with van der Waals surface area (Å²) in [4.78, 5) is 21.6. The monoisotopic (exact) mass is 188 g/mol. The Bertz CT molecular complexity index is 60.2. The molecule has 0 unspecified atom stereocenters. The zero-order chi connectivity index (χ0) is 4.50. The van der Waals surface area contributed by atoms with Crippen molar-refractivity contribution >= 4 is 105 Å². The van der Waals surface area contributed by atoms with Crippen LogP contribution in [0, 0.1) is 0 Å². The third-order valence-electron chi connectivity index (χ3n) is 0. The third-order valence-corrected chi connectivity index (χ3v) is 0. The molecule has 0 spiro atoms. The van der Waals surface area contributed by atoms with Gasteiger partial charge in [0, 0.05) is 0 Å². The Balaban J connectivity index is -0.0000000267. The van der Waals surface area contributed by atoms with Crippen molar-refractivity contribution < 1.29 is 19.2 Å². The summed E-state index contributed by atoms with van der Waals surface area (Å²) in [5, 5.41) is 0. The van der Waals surface area contributed by atoms with Crippen LogP contribution in [0.1, 0.15) is 0 Å². The molecule has 8 heavy (non-hydrogen) atoms. The van der Waals surface area contributed by atoms with Gasteiger partial charge in [0.1, 0.15) is 0 Å². The summed E-state index contributed by atoms with van der Waals surface area (Å²) < 4.78 is 8.88.